The summed E-state index contributed by atoms with van der Waals surface area (Å²) in [6, 6.07) is 15.3. The number of amides is 2. The summed E-state index contributed by atoms with van der Waals surface area (Å²) >= 11 is 0. The van der Waals surface area contributed by atoms with Crippen molar-refractivity contribution in [2.75, 3.05) is 43.5 Å². The van der Waals surface area contributed by atoms with E-state index in [1.807, 2.05) is 48.5 Å². The van der Waals surface area contributed by atoms with Gasteiger partial charge in [-0.2, -0.15) is 0 Å². The zero-order valence-electron chi connectivity index (χ0n) is 14.9. The molecule has 2 aromatic rings. The highest BCUT2D eigenvalue weighted by atomic mass is 16.5. The summed E-state index contributed by atoms with van der Waals surface area (Å²) in [5, 5.41) is 2.92. The third kappa shape index (κ3) is 4.53. The van der Waals surface area contributed by atoms with Gasteiger partial charge in [0.05, 0.1) is 13.5 Å². The summed E-state index contributed by atoms with van der Waals surface area (Å²) < 4.78 is 5.12. The summed E-state index contributed by atoms with van der Waals surface area (Å²) in [7, 11) is 1.62. The Morgan fingerprint density at radius 3 is 2.27 bits per heavy atom. The van der Waals surface area contributed by atoms with E-state index in [2.05, 4.69) is 10.2 Å². The van der Waals surface area contributed by atoms with Gasteiger partial charge in [0.15, 0.2) is 0 Å². The predicted molar refractivity (Wildman–Crippen MR) is 102 cm³/mol. The van der Waals surface area contributed by atoms with Crippen molar-refractivity contribution < 1.29 is 14.3 Å². The van der Waals surface area contributed by atoms with Gasteiger partial charge in [-0.1, -0.05) is 12.1 Å². The summed E-state index contributed by atoms with van der Waals surface area (Å²) in [4.78, 5) is 27.0. The number of anilines is 2. The fourth-order valence-electron chi connectivity index (χ4n) is 2.98. The molecule has 6 nitrogen and oxygen atoms in total. The number of methoxy groups -OCH3 is 1. The smallest absolute Gasteiger partial charge is 0.228 e. The van der Waals surface area contributed by atoms with Crippen LogP contribution in [0.5, 0.6) is 5.75 Å². The van der Waals surface area contributed by atoms with Gasteiger partial charge < -0.3 is 19.9 Å². The average molecular weight is 353 g/mol. The van der Waals surface area contributed by atoms with Crippen molar-refractivity contribution in [3.63, 3.8) is 0 Å². The molecule has 1 aliphatic heterocycles. The standard InChI is InChI=1S/C20H23N3O3/c1-26-19-8-2-16(3-9-19)14-20(25)21-17-4-6-18(7-5-17)23-12-10-22(15-24)11-13-23/h2-9,15H,10-14H2,1H3,(H,21,25). The van der Waals surface area contributed by atoms with Gasteiger partial charge in [-0.05, 0) is 42.0 Å². The Hall–Kier alpha value is -3.02. The lowest BCUT2D eigenvalue weighted by Crippen LogP contribution is -2.45. The Morgan fingerprint density at radius 2 is 1.69 bits per heavy atom. The van der Waals surface area contributed by atoms with Gasteiger partial charge in [-0.3, -0.25) is 9.59 Å². The number of carbonyl (C=O) groups excluding carboxylic acids is 2. The first-order valence-corrected chi connectivity index (χ1v) is 8.65. The number of piperazine rings is 1. The second-order valence-electron chi connectivity index (χ2n) is 6.25. The number of benzene rings is 2. The van der Waals surface area contributed by atoms with Crippen LogP contribution in [0.25, 0.3) is 0 Å². The minimum absolute atomic E-state index is 0.0532. The van der Waals surface area contributed by atoms with E-state index < -0.39 is 0 Å². The van der Waals surface area contributed by atoms with Crippen molar-refractivity contribution in [1.29, 1.82) is 0 Å². The van der Waals surface area contributed by atoms with E-state index in [1.165, 1.54) is 0 Å². The van der Waals surface area contributed by atoms with Crippen LogP contribution in [0.2, 0.25) is 0 Å². The molecule has 0 radical (unpaired) electrons. The Morgan fingerprint density at radius 1 is 1.04 bits per heavy atom. The van der Waals surface area contributed by atoms with Gasteiger partial charge in [-0.25, -0.2) is 0 Å². The van der Waals surface area contributed by atoms with Crippen LogP contribution in [-0.4, -0.2) is 50.5 Å². The molecule has 0 aromatic heterocycles. The molecule has 1 aliphatic rings. The molecular formula is C20H23N3O3. The maximum atomic E-state index is 12.2. The minimum atomic E-state index is -0.0532. The zero-order valence-corrected chi connectivity index (χ0v) is 14.9. The van der Waals surface area contributed by atoms with Crippen LogP contribution < -0.4 is 15.0 Å². The Bertz CT molecular complexity index is 736. The lowest BCUT2D eigenvalue weighted by molar-refractivity contribution is -0.118. The van der Waals surface area contributed by atoms with E-state index in [9.17, 15) is 9.59 Å². The van der Waals surface area contributed by atoms with E-state index in [-0.39, 0.29) is 5.91 Å². The Kier molecular flexibility index (Phi) is 5.73. The highest BCUT2D eigenvalue weighted by molar-refractivity contribution is 5.92. The fraction of sp³-hybridized carbons (Fsp3) is 0.300. The van der Waals surface area contributed by atoms with Crippen LogP contribution in [0.1, 0.15) is 5.56 Å². The van der Waals surface area contributed by atoms with Gasteiger partial charge in [-0.15, -0.1) is 0 Å². The number of nitrogens with one attached hydrogen (secondary N) is 1. The molecule has 1 fully saturated rings. The maximum absolute atomic E-state index is 12.2. The lowest BCUT2D eigenvalue weighted by atomic mass is 10.1. The highest BCUT2D eigenvalue weighted by Crippen LogP contribution is 2.20. The lowest BCUT2D eigenvalue weighted by Gasteiger charge is -2.34. The van der Waals surface area contributed by atoms with Crippen molar-refractivity contribution in [3.05, 3.63) is 54.1 Å². The molecule has 136 valence electrons. The molecule has 3 rings (SSSR count). The molecule has 0 saturated carbocycles. The number of rotatable bonds is 6. The molecular weight excluding hydrogens is 330 g/mol. The predicted octanol–water partition coefficient (Wildman–Crippen LogP) is 2.15. The monoisotopic (exact) mass is 353 g/mol. The summed E-state index contributed by atoms with van der Waals surface area (Å²) in [5.41, 5.74) is 2.82. The second kappa shape index (κ2) is 8.38. The van der Waals surface area contributed by atoms with Crippen molar-refractivity contribution >= 4 is 23.7 Å². The van der Waals surface area contributed by atoms with E-state index >= 15 is 0 Å². The Balaban J connectivity index is 1.53. The van der Waals surface area contributed by atoms with Crippen LogP contribution in [0.4, 0.5) is 11.4 Å². The first-order chi connectivity index (χ1) is 12.7. The second-order valence-corrected chi connectivity index (χ2v) is 6.25. The SMILES string of the molecule is COc1ccc(CC(=O)Nc2ccc(N3CCN(C=O)CC3)cc2)cc1. The van der Waals surface area contributed by atoms with E-state index in [0.717, 1.165) is 55.3 Å². The number of hydrogen-bond donors (Lipinski definition) is 1. The number of ether oxygens (including phenoxy) is 1. The van der Waals surface area contributed by atoms with Crippen LogP contribution in [0, 0.1) is 0 Å². The summed E-state index contributed by atoms with van der Waals surface area (Å²) in [6.07, 6.45) is 1.22. The molecule has 1 saturated heterocycles. The van der Waals surface area contributed by atoms with Crippen molar-refractivity contribution in [2.45, 2.75) is 6.42 Å². The average Bonchev–Trinajstić information content (AvgIpc) is 2.69. The fourth-order valence-corrected chi connectivity index (χ4v) is 2.98. The first kappa shape index (κ1) is 17.8. The number of carbonyl (C=O) groups is 2. The van der Waals surface area contributed by atoms with E-state index in [4.69, 9.17) is 4.74 Å². The summed E-state index contributed by atoms with van der Waals surface area (Å²) in [5.74, 6) is 0.723. The third-order valence-corrected chi connectivity index (χ3v) is 4.50. The molecule has 2 aromatic carbocycles. The number of hydrogen-bond acceptors (Lipinski definition) is 4. The molecule has 0 bridgehead atoms. The van der Waals surface area contributed by atoms with Crippen molar-refractivity contribution in [3.8, 4) is 5.75 Å². The molecule has 1 N–H and O–H groups in total. The summed E-state index contributed by atoms with van der Waals surface area (Å²) in [6.45, 7) is 3.12. The van der Waals surface area contributed by atoms with Gasteiger partial charge in [0.1, 0.15) is 5.75 Å². The van der Waals surface area contributed by atoms with Crippen LogP contribution in [0.15, 0.2) is 48.5 Å². The Labute approximate surface area is 153 Å². The van der Waals surface area contributed by atoms with Crippen molar-refractivity contribution in [2.24, 2.45) is 0 Å². The molecule has 2 amide bonds. The van der Waals surface area contributed by atoms with Crippen LogP contribution in [0.3, 0.4) is 0 Å². The largest absolute Gasteiger partial charge is 0.497 e. The first-order valence-electron chi connectivity index (χ1n) is 8.65. The molecule has 0 atom stereocenters. The normalized spacial score (nSPS) is 14.0. The zero-order chi connectivity index (χ0) is 18.4. The van der Waals surface area contributed by atoms with Gasteiger partial charge in [0, 0.05) is 37.6 Å². The molecule has 0 aliphatic carbocycles. The molecule has 6 heteroatoms. The van der Waals surface area contributed by atoms with E-state index in [0.29, 0.717) is 6.42 Å². The van der Waals surface area contributed by atoms with Gasteiger partial charge in [0.2, 0.25) is 12.3 Å². The molecule has 0 spiro atoms. The van der Waals surface area contributed by atoms with Crippen LogP contribution >= 0.6 is 0 Å². The third-order valence-electron chi connectivity index (χ3n) is 4.50. The molecule has 1 heterocycles. The quantitative estimate of drug-likeness (QED) is 0.809. The minimum Gasteiger partial charge on any atom is -0.497 e. The molecule has 0 unspecified atom stereocenters. The number of nitrogens with zero attached hydrogens (tertiary/aromatic N) is 2. The van der Waals surface area contributed by atoms with Crippen molar-refractivity contribution in [1.82, 2.24) is 4.90 Å². The topological polar surface area (TPSA) is 61.9 Å². The van der Waals surface area contributed by atoms with E-state index in [1.54, 1.807) is 12.0 Å². The molecule has 26 heavy (non-hydrogen) atoms. The van der Waals surface area contributed by atoms with Gasteiger partial charge >= 0.3 is 0 Å². The van der Waals surface area contributed by atoms with Gasteiger partial charge in [0.25, 0.3) is 0 Å². The van der Waals surface area contributed by atoms with Crippen LogP contribution in [-0.2, 0) is 16.0 Å². The maximum Gasteiger partial charge on any atom is 0.228 e. The highest BCUT2D eigenvalue weighted by Gasteiger charge is 2.15.